The van der Waals surface area contributed by atoms with Crippen molar-refractivity contribution in [2.75, 3.05) is 62.8 Å². The predicted molar refractivity (Wildman–Crippen MR) is 132 cm³/mol. The lowest BCUT2D eigenvalue weighted by molar-refractivity contribution is -0.149. The molecule has 0 saturated carbocycles. The van der Waals surface area contributed by atoms with Gasteiger partial charge in [-0.3, -0.25) is 9.78 Å². The number of anilines is 2. The molecule has 0 radical (unpaired) electrons. The van der Waals surface area contributed by atoms with E-state index in [1.54, 1.807) is 12.4 Å². The fourth-order valence-corrected chi connectivity index (χ4v) is 4.66. The number of hydrogen-bond donors (Lipinski definition) is 1. The largest absolute Gasteiger partial charge is 0.378 e. The molecule has 12 heteroatoms. The number of alkyl halides is 2. The van der Waals surface area contributed by atoms with E-state index < -0.39 is 18.4 Å². The quantitative estimate of drug-likeness (QED) is 0.532. The smallest absolute Gasteiger partial charge is 0.315 e. The van der Waals surface area contributed by atoms with Crippen LogP contribution in [0.5, 0.6) is 0 Å². The second-order valence-electron chi connectivity index (χ2n) is 8.50. The summed E-state index contributed by atoms with van der Waals surface area (Å²) in [6.45, 7) is 3.54. The molecule has 3 aromatic rings. The number of halogens is 3. The molecule has 0 spiro atoms. The molecule has 190 valence electrons. The van der Waals surface area contributed by atoms with Crippen molar-refractivity contribution in [1.29, 1.82) is 0 Å². The zero-order valence-corrected chi connectivity index (χ0v) is 20.1. The Morgan fingerprint density at radius 2 is 1.94 bits per heavy atom. The Kier molecular flexibility index (Phi) is 7.40. The third-order valence-electron chi connectivity index (χ3n) is 6.19. The summed E-state index contributed by atoms with van der Waals surface area (Å²) in [6.07, 6.45) is -0.331. The minimum atomic E-state index is -3.03. The van der Waals surface area contributed by atoms with E-state index in [0.29, 0.717) is 40.8 Å². The van der Waals surface area contributed by atoms with Crippen LogP contribution in [0.4, 0.5) is 20.3 Å². The minimum absolute atomic E-state index is 0.0675. The van der Waals surface area contributed by atoms with Crippen LogP contribution in [-0.2, 0) is 14.3 Å². The van der Waals surface area contributed by atoms with Crippen LogP contribution >= 0.6 is 11.6 Å². The molecule has 2 saturated heterocycles. The number of fused-ring (bicyclic) bond motifs is 1. The van der Waals surface area contributed by atoms with E-state index in [-0.39, 0.29) is 26.2 Å². The Morgan fingerprint density at radius 1 is 1.14 bits per heavy atom. The Balaban J connectivity index is 1.38. The van der Waals surface area contributed by atoms with Gasteiger partial charge in [-0.2, -0.15) is 8.78 Å². The van der Waals surface area contributed by atoms with E-state index >= 15 is 0 Å². The van der Waals surface area contributed by atoms with E-state index in [0.717, 1.165) is 29.2 Å². The van der Waals surface area contributed by atoms with Crippen LogP contribution in [0.3, 0.4) is 0 Å². The number of hydrogen-bond acceptors (Lipinski definition) is 8. The number of rotatable bonds is 6. The van der Waals surface area contributed by atoms with Gasteiger partial charge in [0.2, 0.25) is 0 Å². The van der Waals surface area contributed by atoms with Crippen LogP contribution < -0.4 is 10.2 Å². The van der Waals surface area contributed by atoms with Crippen molar-refractivity contribution in [1.82, 2.24) is 19.9 Å². The molecular formula is C24H25ClF2N6O3. The summed E-state index contributed by atoms with van der Waals surface area (Å²) >= 11 is 6.64. The highest BCUT2D eigenvalue weighted by molar-refractivity contribution is 6.33. The lowest BCUT2D eigenvalue weighted by Crippen LogP contribution is -2.49. The summed E-state index contributed by atoms with van der Waals surface area (Å²) in [6, 6.07) is 7.65. The Hall–Kier alpha value is -3.15. The van der Waals surface area contributed by atoms with E-state index in [9.17, 15) is 13.6 Å². The molecule has 0 bridgehead atoms. The summed E-state index contributed by atoms with van der Waals surface area (Å²) in [5, 5.41) is 3.83. The second kappa shape index (κ2) is 10.9. The molecule has 2 fully saturated rings. The van der Waals surface area contributed by atoms with Gasteiger partial charge in [0.1, 0.15) is 5.52 Å². The first-order valence-electron chi connectivity index (χ1n) is 11.7. The highest BCUT2D eigenvalue weighted by atomic mass is 35.5. The van der Waals surface area contributed by atoms with Gasteiger partial charge in [-0.1, -0.05) is 17.7 Å². The Bertz CT molecular complexity index is 1240. The van der Waals surface area contributed by atoms with E-state index in [1.807, 2.05) is 24.3 Å². The van der Waals surface area contributed by atoms with Crippen LogP contribution in [0.15, 0.2) is 36.7 Å². The number of nitrogens with zero attached hydrogens (tertiary/aromatic N) is 5. The molecular weight excluding hydrogens is 494 g/mol. The minimum Gasteiger partial charge on any atom is -0.378 e. The number of ether oxygens (including phenoxy) is 2. The maximum absolute atomic E-state index is 12.8. The van der Waals surface area contributed by atoms with E-state index in [2.05, 4.69) is 20.2 Å². The lowest BCUT2D eigenvalue weighted by Gasteiger charge is -2.33. The summed E-state index contributed by atoms with van der Waals surface area (Å²) in [5.41, 5.74) is 3.61. The van der Waals surface area contributed by atoms with Gasteiger partial charge in [-0.15, -0.1) is 0 Å². The number of aromatic nitrogens is 3. The highest BCUT2D eigenvalue weighted by Gasteiger charge is 2.29. The first kappa shape index (κ1) is 24.5. The standard InChI is InChI=1S/C24H25ClF2N6O3/c25-17-11-15(1-2-20(17)32-5-8-35-9-6-32)18-12-19-21(29-4-3-28-19)23(31-18)30-13-16-14-33(7-10-36-16)24(34)22(26)27/h1-4,11-12,16,22H,5-10,13-14H2,(H,30,31)/t16-/m1/s1. The monoisotopic (exact) mass is 518 g/mol. The molecule has 36 heavy (non-hydrogen) atoms. The molecule has 2 aromatic heterocycles. The lowest BCUT2D eigenvalue weighted by atomic mass is 10.1. The normalized spacial score (nSPS) is 18.6. The molecule has 2 aliphatic heterocycles. The molecule has 4 heterocycles. The zero-order valence-electron chi connectivity index (χ0n) is 19.4. The first-order valence-corrected chi connectivity index (χ1v) is 12.0. The van der Waals surface area contributed by atoms with Crippen molar-refractivity contribution in [3.63, 3.8) is 0 Å². The molecule has 5 rings (SSSR count). The zero-order chi connectivity index (χ0) is 25.1. The number of carbonyl (C=O) groups excluding carboxylic acids is 1. The van der Waals surface area contributed by atoms with Gasteiger partial charge in [0.15, 0.2) is 5.82 Å². The van der Waals surface area contributed by atoms with Crippen LogP contribution in [-0.4, -0.2) is 90.8 Å². The Labute approximate surface area is 211 Å². The van der Waals surface area contributed by atoms with Crippen molar-refractivity contribution in [3.8, 4) is 11.3 Å². The predicted octanol–water partition coefficient (Wildman–Crippen LogP) is 3.09. The molecule has 1 amide bonds. The SMILES string of the molecule is O=C(C(F)F)N1CCO[C@H](CNc2nc(-c3ccc(N4CCOCC4)c(Cl)c3)cc3nccnc23)C1. The number of nitrogens with one attached hydrogen (secondary N) is 1. The average molecular weight is 519 g/mol. The number of carbonyl (C=O) groups is 1. The average Bonchev–Trinajstić information content (AvgIpc) is 2.91. The maximum Gasteiger partial charge on any atom is 0.315 e. The van der Waals surface area contributed by atoms with Crippen LogP contribution in [0.25, 0.3) is 22.3 Å². The number of amides is 1. The van der Waals surface area contributed by atoms with Gasteiger partial charge >= 0.3 is 6.43 Å². The second-order valence-corrected chi connectivity index (χ2v) is 8.91. The summed E-state index contributed by atoms with van der Waals surface area (Å²) in [4.78, 5) is 28.6. The van der Waals surface area contributed by atoms with Crippen LogP contribution in [0.2, 0.25) is 5.02 Å². The molecule has 9 nitrogen and oxygen atoms in total. The molecule has 1 N–H and O–H groups in total. The number of benzene rings is 1. The maximum atomic E-state index is 12.8. The Morgan fingerprint density at radius 3 is 2.72 bits per heavy atom. The van der Waals surface area contributed by atoms with Gasteiger partial charge < -0.3 is 24.6 Å². The van der Waals surface area contributed by atoms with Gasteiger partial charge in [0.05, 0.1) is 47.8 Å². The summed E-state index contributed by atoms with van der Waals surface area (Å²) in [7, 11) is 0. The third-order valence-corrected chi connectivity index (χ3v) is 6.49. The number of pyridine rings is 1. The molecule has 0 aliphatic carbocycles. The molecule has 1 aromatic carbocycles. The molecule has 2 aliphatic rings. The number of morpholine rings is 2. The fraction of sp³-hybridized carbons (Fsp3) is 0.417. The van der Waals surface area contributed by atoms with Gasteiger partial charge in [0, 0.05) is 50.7 Å². The van der Waals surface area contributed by atoms with Gasteiger partial charge in [0.25, 0.3) is 5.91 Å². The topological polar surface area (TPSA) is 92.7 Å². The van der Waals surface area contributed by atoms with Crippen molar-refractivity contribution < 1.29 is 23.0 Å². The van der Waals surface area contributed by atoms with Crippen molar-refractivity contribution in [3.05, 3.63) is 41.7 Å². The molecule has 1 atom stereocenters. The summed E-state index contributed by atoms with van der Waals surface area (Å²) in [5.74, 6) is -0.706. The van der Waals surface area contributed by atoms with Gasteiger partial charge in [-0.05, 0) is 18.2 Å². The fourth-order valence-electron chi connectivity index (χ4n) is 4.36. The third kappa shape index (κ3) is 5.32. The van der Waals surface area contributed by atoms with Crippen molar-refractivity contribution >= 4 is 40.0 Å². The van der Waals surface area contributed by atoms with Gasteiger partial charge in [-0.25, -0.2) is 9.97 Å². The summed E-state index contributed by atoms with van der Waals surface area (Å²) < 4.78 is 36.8. The first-order chi connectivity index (χ1) is 17.5. The van der Waals surface area contributed by atoms with Crippen LogP contribution in [0.1, 0.15) is 0 Å². The van der Waals surface area contributed by atoms with E-state index in [4.69, 9.17) is 26.1 Å². The van der Waals surface area contributed by atoms with E-state index in [1.165, 1.54) is 0 Å². The highest BCUT2D eigenvalue weighted by Crippen LogP contribution is 2.33. The van der Waals surface area contributed by atoms with Crippen molar-refractivity contribution in [2.45, 2.75) is 12.5 Å². The molecule has 0 unspecified atom stereocenters. The van der Waals surface area contributed by atoms with Crippen molar-refractivity contribution in [2.24, 2.45) is 0 Å². The van der Waals surface area contributed by atoms with Crippen LogP contribution in [0, 0.1) is 0 Å².